The van der Waals surface area contributed by atoms with Crippen molar-refractivity contribution in [3.63, 3.8) is 0 Å². The lowest BCUT2D eigenvalue weighted by atomic mass is 10.1. The molecule has 3 N–H and O–H groups in total. The minimum Gasteiger partial charge on any atom is -0.474 e. The molecule has 0 fully saturated rings. The molecular weight excluding hydrogens is 188 g/mol. The highest BCUT2D eigenvalue weighted by molar-refractivity contribution is 6.31. The highest BCUT2D eigenvalue weighted by Gasteiger charge is 2.19. The zero-order chi connectivity index (χ0) is 10.6. The molecule has 1 rings (SSSR count). The number of nitrogens with zero attached hydrogens (tertiary/aromatic N) is 2. The topological polar surface area (TPSA) is 108 Å². The Morgan fingerprint density at radius 2 is 2.43 bits per heavy atom. The molecule has 0 aliphatic carbocycles. The molecule has 7 nitrogen and oxygen atoms in total. The lowest BCUT2D eigenvalue weighted by Crippen LogP contribution is -2.34. The summed E-state index contributed by atoms with van der Waals surface area (Å²) in [7, 11) is 0. The average Bonchev–Trinajstić information content (AvgIpc) is 2.66. The summed E-state index contributed by atoms with van der Waals surface area (Å²) in [5.74, 6) is -2.55. The van der Waals surface area contributed by atoms with E-state index in [-0.39, 0.29) is 0 Å². The molecule has 1 heterocycles. The number of carbonyl (C=O) groups is 2. The fraction of sp³-hybridized carbons (Fsp3) is 0.429. The first-order valence-electron chi connectivity index (χ1n) is 4.04. The van der Waals surface area contributed by atoms with Crippen LogP contribution in [0, 0.1) is 0 Å². The summed E-state index contributed by atoms with van der Waals surface area (Å²) in [5.41, 5.74) is 0.516. The van der Waals surface area contributed by atoms with Crippen LogP contribution in [0.15, 0.2) is 6.20 Å². The second-order valence-corrected chi connectivity index (χ2v) is 2.63. The van der Waals surface area contributed by atoms with Gasteiger partial charge >= 0.3 is 11.9 Å². The molecule has 7 heteroatoms. The number of carbonyl (C=O) groups excluding carboxylic acids is 1. The SMILES string of the molecule is CCC(NC(=O)C(=O)O)c1cn[nH]n1. The van der Waals surface area contributed by atoms with Gasteiger partial charge in [0.15, 0.2) is 0 Å². The Balaban J connectivity index is 2.65. The first-order chi connectivity index (χ1) is 6.65. The number of hydrogen-bond acceptors (Lipinski definition) is 4. The van der Waals surface area contributed by atoms with E-state index in [1.807, 2.05) is 6.92 Å². The second-order valence-electron chi connectivity index (χ2n) is 2.63. The van der Waals surface area contributed by atoms with Gasteiger partial charge in [0.2, 0.25) is 0 Å². The molecule has 1 unspecified atom stereocenters. The van der Waals surface area contributed by atoms with Crippen molar-refractivity contribution >= 4 is 11.9 Å². The Bertz CT molecular complexity index is 322. The summed E-state index contributed by atoms with van der Waals surface area (Å²) >= 11 is 0. The summed E-state index contributed by atoms with van der Waals surface area (Å²) in [5, 5.41) is 20.4. The maximum absolute atomic E-state index is 10.8. The number of aliphatic carboxylic acids is 1. The minimum atomic E-state index is -1.51. The molecule has 0 spiro atoms. The van der Waals surface area contributed by atoms with Gasteiger partial charge in [-0.15, -0.1) is 0 Å². The monoisotopic (exact) mass is 198 g/mol. The summed E-state index contributed by atoms with van der Waals surface area (Å²) in [6.45, 7) is 1.81. The number of aromatic nitrogens is 3. The standard InChI is InChI=1S/C7H10N4O3/c1-2-4(5-3-8-11-10-5)9-6(12)7(13)14/h3-4H,2H2,1H3,(H,9,12)(H,13,14)(H,8,10,11). The number of amides is 1. The molecule has 0 aromatic carbocycles. The highest BCUT2D eigenvalue weighted by Crippen LogP contribution is 2.11. The van der Waals surface area contributed by atoms with E-state index in [0.717, 1.165) is 0 Å². The summed E-state index contributed by atoms with van der Waals surface area (Å²) in [6, 6.07) is -0.419. The second kappa shape index (κ2) is 4.35. The molecule has 14 heavy (non-hydrogen) atoms. The van der Waals surface area contributed by atoms with Crippen LogP contribution in [0.2, 0.25) is 0 Å². The van der Waals surface area contributed by atoms with Crippen LogP contribution in [-0.2, 0) is 9.59 Å². The first-order valence-corrected chi connectivity index (χ1v) is 4.04. The zero-order valence-electron chi connectivity index (χ0n) is 7.52. The van der Waals surface area contributed by atoms with Crippen molar-refractivity contribution in [1.29, 1.82) is 0 Å². The predicted molar refractivity (Wildman–Crippen MR) is 45.2 cm³/mol. The van der Waals surface area contributed by atoms with E-state index in [1.54, 1.807) is 0 Å². The van der Waals surface area contributed by atoms with Crippen LogP contribution < -0.4 is 5.32 Å². The molecule has 1 amide bonds. The third-order valence-electron chi connectivity index (χ3n) is 1.70. The maximum atomic E-state index is 10.8. The van der Waals surface area contributed by atoms with Crippen molar-refractivity contribution in [3.8, 4) is 0 Å². The van der Waals surface area contributed by atoms with E-state index in [2.05, 4.69) is 20.7 Å². The number of hydrogen-bond donors (Lipinski definition) is 3. The molecule has 76 valence electrons. The minimum absolute atomic E-state index is 0.419. The lowest BCUT2D eigenvalue weighted by Gasteiger charge is -2.11. The van der Waals surface area contributed by atoms with Crippen molar-refractivity contribution in [3.05, 3.63) is 11.9 Å². The van der Waals surface area contributed by atoms with Gasteiger partial charge in [-0.25, -0.2) is 4.79 Å². The van der Waals surface area contributed by atoms with E-state index in [9.17, 15) is 9.59 Å². The third-order valence-corrected chi connectivity index (χ3v) is 1.70. The van der Waals surface area contributed by atoms with Crippen LogP contribution in [0.25, 0.3) is 0 Å². The maximum Gasteiger partial charge on any atom is 0.394 e. The summed E-state index contributed by atoms with van der Waals surface area (Å²) in [4.78, 5) is 21.1. The Morgan fingerprint density at radius 1 is 1.71 bits per heavy atom. The number of carboxylic acid groups (broad SMARTS) is 1. The summed E-state index contributed by atoms with van der Waals surface area (Å²) < 4.78 is 0. The molecule has 0 saturated carbocycles. The van der Waals surface area contributed by atoms with Gasteiger partial charge < -0.3 is 10.4 Å². The van der Waals surface area contributed by atoms with Crippen molar-refractivity contribution in [1.82, 2.24) is 20.7 Å². The fourth-order valence-electron chi connectivity index (χ4n) is 0.983. The van der Waals surface area contributed by atoms with E-state index in [4.69, 9.17) is 5.11 Å². The molecule has 1 aromatic heterocycles. The number of carboxylic acids is 1. The molecule has 0 aliphatic rings. The van der Waals surface area contributed by atoms with Crippen LogP contribution in [0.4, 0.5) is 0 Å². The molecule has 1 atom stereocenters. The number of rotatable bonds is 3. The number of H-pyrrole nitrogens is 1. The Labute approximate surface area is 79.5 Å². The molecule has 1 aromatic rings. The van der Waals surface area contributed by atoms with Crippen LogP contribution in [0.3, 0.4) is 0 Å². The largest absolute Gasteiger partial charge is 0.474 e. The smallest absolute Gasteiger partial charge is 0.394 e. The number of aromatic amines is 1. The van der Waals surface area contributed by atoms with E-state index in [1.165, 1.54) is 6.20 Å². The van der Waals surface area contributed by atoms with Crippen LogP contribution in [0.5, 0.6) is 0 Å². The van der Waals surface area contributed by atoms with Crippen LogP contribution in [-0.4, -0.2) is 32.4 Å². The number of nitrogens with one attached hydrogen (secondary N) is 2. The van der Waals surface area contributed by atoms with Crippen LogP contribution in [0.1, 0.15) is 25.1 Å². The lowest BCUT2D eigenvalue weighted by molar-refractivity contribution is -0.150. The van der Waals surface area contributed by atoms with E-state index in [0.29, 0.717) is 12.1 Å². The van der Waals surface area contributed by atoms with E-state index >= 15 is 0 Å². The van der Waals surface area contributed by atoms with Gasteiger partial charge in [0.05, 0.1) is 12.2 Å². The molecule has 0 radical (unpaired) electrons. The van der Waals surface area contributed by atoms with Crippen molar-refractivity contribution in [2.75, 3.05) is 0 Å². The fourth-order valence-corrected chi connectivity index (χ4v) is 0.983. The highest BCUT2D eigenvalue weighted by atomic mass is 16.4. The molecule has 0 bridgehead atoms. The van der Waals surface area contributed by atoms with Crippen LogP contribution >= 0.6 is 0 Å². The van der Waals surface area contributed by atoms with Gasteiger partial charge in [0, 0.05) is 0 Å². The molecule has 0 aliphatic heterocycles. The quantitative estimate of drug-likeness (QED) is 0.565. The van der Waals surface area contributed by atoms with Gasteiger partial charge in [-0.2, -0.15) is 15.4 Å². The van der Waals surface area contributed by atoms with Crippen molar-refractivity contribution < 1.29 is 14.7 Å². The predicted octanol–water partition coefficient (Wildman–Crippen LogP) is -0.543. The van der Waals surface area contributed by atoms with Gasteiger partial charge in [0.1, 0.15) is 5.69 Å². The summed E-state index contributed by atoms with van der Waals surface area (Å²) in [6.07, 6.45) is 1.99. The third kappa shape index (κ3) is 2.28. The first kappa shape index (κ1) is 10.2. The van der Waals surface area contributed by atoms with E-state index < -0.39 is 17.9 Å². The molecular formula is C7H10N4O3. The average molecular weight is 198 g/mol. The molecule has 0 saturated heterocycles. The Kier molecular flexibility index (Phi) is 3.16. The van der Waals surface area contributed by atoms with Gasteiger partial charge in [-0.1, -0.05) is 6.92 Å². The van der Waals surface area contributed by atoms with Crippen molar-refractivity contribution in [2.45, 2.75) is 19.4 Å². The van der Waals surface area contributed by atoms with Gasteiger partial charge in [-0.05, 0) is 6.42 Å². The Morgan fingerprint density at radius 3 is 2.86 bits per heavy atom. The Hall–Kier alpha value is -1.92. The zero-order valence-corrected chi connectivity index (χ0v) is 7.52. The normalized spacial score (nSPS) is 12.1. The van der Waals surface area contributed by atoms with Crippen molar-refractivity contribution in [2.24, 2.45) is 0 Å². The van der Waals surface area contributed by atoms with Gasteiger partial charge in [0.25, 0.3) is 0 Å². The van der Waals surface area contributed by atoms with Gasteiger partial charge in [-0.3, -0.25) is 4.79 Å².